The Balaban J connectivity index is 2.20. The van der Waals surface area contributed by atoms with Crippen molar-refractivity contribution in [2.24, 2.45) is 0 Å². The molecule has 0 aliphatic rings. The van der Waals surface area contributed by atoms with E-state index in [2.05, 4.69) is 24.1 Å². The first-order valence-electron chi connectivity index (χ1n) is 7.33. The largest absolute Gasteiger partial charge is 0.312 e. The molecule has 1 aromatic heterocycles. The SMILES string of the molecule is CCCC(C)NCCn1c(=O)c(C)nc2ccccc21. The van der Waals surface area contributed by atoms with Crippen LogP contribution in [0.15, 0.2) is 29.1 Å². The van der Waals surface area contributed by atoms with Crippen LogP contribution in [0.25, 0.3) is 11.0 Å². The normalized spacial score (nSPS) is 12.8. The van der Waals surface area contributed by atoms with E-state index in [4.69, 9.17) is 0 Å². The lowest BCUT2D eigenvalue weighted by atomic mass is 10.2. The van der Waals surface area contributed by atoms with Gasteiger partial charge in [0.2, 0.25) is 0 Å². The highest BCUT2D eigenvalue weighted by molar-refractivity contribution is 5.74. The van der Waals surface area contributed by atoms with Gasteiger partial charge in [-0.15, -0.1) is 0 Å². The number of hydrogen-bond donors (Lipinski definition) is 1. The fraction of sp³-hybridized carbons (Fsp3) is 0.500. The maximum atomic E-state index is 12.3. The molecule has 0 bridgehead atoms. The van der Waals surface area contributed by atoms with E-state index in [1.807, 2.05) is 28.8 Å². The molecule has 4 heteroatoms. The fourth-order valence-electron chi connectivity index (χ4n) is 2.50. The monoisotopic (exact) mass is 273 g/mol. The summed E-state index contributed by atoms with van der Waals surface area (Å²) in [5, 5.41) is 3.46. The summed E-state index contributed by atoms with van der Waals surface area (Å²) in [6, 6.07) is 8.29. The Hall–Kier alpha value is -1.68. The van der Waals surface area contributed by atoms with E-state index in [1.54, 1.807) is 6.92 Å². The molecule has 1 aromatic carbocycles. The van der Waals surface area contributed by atoms with Crippen molar-refractivity contribution in [3.8, 4) is 0 Å². The molecule has 0 spiro atoms. The number of aromatic nitrogens is 2. The minimum Gasteiger partial charge on any atom is -0.312 e. The van der Waals surface area contributed by atoms with Gasteiger partial charge in [0.1, 0.15) is 5.69 Å². The van der Waals surface area contributed by atoms with Crippen LogP contribution in [0.4, 0.5) is 0 Å². The third-order valence-electron chi connectivity index (χ3n) is 3.57. The maximum Gasteiger partial charge on any atom is 0.272 e. The third-order valence-corrected chi connectivity index (χ3v) is 3.57. The van der Waals surface area contributed by atoms with Crippen LogP contribution in [-0.2, 0) is 6.54 Å². The predicted molar refractivity (Wildman–Crippen MR) is 83.1 cm³/mol. The summed E-state index contributed by atoms with van der Waals surface area (Å²) in [5.74, 6) is 0. The van der Waals surface area contributed by atoms with Crippen molar-refractivity contribution in [1.82, 2.24) is 14.9 Å². The zero-order valence-electron chi connectivity index (χ0n) is 12.5. The van der Waals surface area contributed by atoms with Gasteiger partial charge in [0.15, 0.2) is 0 Å². The van der Waals surface area contributed by atoms with Crippen molar-refractivity contribution >= 4 is 11.0 Å². The molecule has 0 fully saturated rings. The van der Waals surface area contributed by atoms with Crippen LogP contribution in [0.3, 0.4) is 0 Å². The summed E-state index contributed by atoms with van der Waals surface area (Å²) in [5.41, 5.74) is 2.36. The van der Waals surface area contributed by atoms with Crippen molar-refractivity contribution in [2.75, 3.05) is 6.54 Å². The van der Waals surface area contributed by atoms with Gasteiger partial charge in [0.05, 0.1) is 11.0 Å². The van der Waals surface area contributed by atoms with Crippen LogP contribution < -0.4 is 10.9 Å². The summed E-state index contributed by atoms with van der Waals surface area (Å²) >= 11 is 0. The average Bonchev–Trinajstić information content (AvgIpc) is 2.43. The summed E-state index contributed by atoms with van der Waals surface area (Å²) in [7, 11) is 0. The van der Waals surface area contributed by atoms with E-state index >= 15 is 0 Å². The van der Waals surface area contributed by atoms with Crippen molar-refractivity contribution in [3.05, 3.63) is 40.3 Å². The van der Waals surface area contributed by atoms with Gasteiger partial charge in [-0.25, -0.2) is 4.98 Å². The lowest BCUT2D eigenvalue weighted by Gasteiger charge is -2.15. The third kappa shape index (κ3) is 3.25. The number of nitrogens with zero attached hydrogens (tertiary/aromatic N) is 2. The Morgan fingerprint density at radius 2 is 2.10 bits per heavy atom. The van der Waals surface area contributed by atoms with Crippen molar-refractivity contribution < 1.29 is 0 Å². The Bertz CT molecular complexity index is 633. The molecule has 20 heavy (non-hydrogen) atoms. The molecule has 0 saturated carbocycles. The smallest absolute Gasteiger partial charge is 0.272 e. The first-order valence-corrected chi connectivity index (χ1v) is 7.33. The molecule has 1 heterocycles. The fourth-order valence-corrected chi connectivity index (χ4v) is 2.50. The highest BCUT2D eigenvalue weighted by Gasteiger charge is 2.07. The quantitative estimate of drug-likeness (QED) is 0.879. The molecule has 0 aliphatic heterocycles. The van der Waals surface area contributed by atoms with E-state index in [1.165, 1.54) is 6.42 Å². The number of rotatable bonds is 6. The van der Waals surface area contributed by atoms with Crippen molar-refractivity contribution in [1.29, 1.82) is 0 Å². The van der Waals surface area contributed by atoms with Gasteiger partial charge < -0.3 is 9.88 Å². The summed E-state index contributed by atoms with van der Waals surface area (Å²) in [6.07, 6.45) is 2.33. The highest BCUT2D eigenvalue weighted by atomic mass is 16.1. The molecule has 4 nitrogen and oxygen atoms in total. The van der Waals surface area contributed by atoms with E-state index in [9.17, 15) is 4.79 Å². The number of fused-ring (bicyclic) bond motifs is 1. The second kappa shape index (κ2) is 6.66. The highest BCUT2D eigenvalue weighted by Crippen LogP contribution is 2.09. The van der Waals surface area contributed by atoms with E-state index in [0.717, 1.165) is 24.0 Å². The van der Waals surface area contributed by atoms with Gasteiger partial charge in [0, 0.05) is 19.1 Å². The molecule has 1 unspecified atom stereocenters. The zero-order chi connectivity index (χ0) is 14.5. The van der Waals surface area contributed by atoms with Gasteiger partial charge in [-0.3, -0.25) is 4.79 Å². The number of aryl methyl sites for hydroxylation is 1. The Kier molecular flexibility index (Phi) is 4.90. The summed E-state index contributed by atoms with van der Waals surface area (Å²) in [4.78, 5) is 16.6. The molecular formula is C16H23N3O. The molecular weight excluding hydrogens is 250 g/mol. The van der Waals surface area contributed by atoms with Crippen molar-refractivity contribution in [2.45, 2.75) is 46.2 Å². The van der Waals surface area contributed by atoms with Gasteiger partial charge in [0.25, 0.3) is 5.56 Å². The van der Waals surface area contributed by atoms with Gasteiger partial charge in [-0.05, 0) is 32.4 Å². The zero-order valence-corrected chi connectivity index (χ0v) is 12.5. The molecule has 1 atom stereocenters. The van der Waals surface area contributed by atoms with Gasteiger partial charge in [-0.1, -0.05) is 25.5 Å². The first kappa shape index (κ1) is 14.7. The molecule has 108 valence electrons. The molecule has 0 amide bonds. The van der Waals surface area contributed by atoms with Crippen LogP contribution >= 0.6 is 0 Å². The number of para-hydroxylation sites is 2. The Morgan fingerprint density at radius 1 is 1.35 bits per heavy atom. The summed E-state index contributed by atoms with van der Waals surface area (Å²) in [6.45, 7) is 7.62. The van der Waals surface area contributed by atoms with Crippen LogP contribution in [0.1, 0.15) is 32.4 Å². The predicted octanol–water partition coefficient (Wildman–Crippen LogP) is 2.48. The van der Waals surface area contributed by atoms with Gasteiger partial charge in [-0.2, -0.15) is 0 Å². The van der Waals surface area contributed by atoms with Gasteiger partial charge >= 0.3 is 0 Å². The second-order valence-corrected chi connectivity index (χ2v) is 5.29. The molecule has 0 radical (unpaired) electrons. The van der Waals surface area contributed by atoms with Crippen LogP contribution in [0, 0.1) is 6.92 Å². The maximum absolute atomic E-state index is 12.3. The second-order valence-electron chi connectivity index (χ2n) is 5.29. The van der Waals surface area contributed by atoms with E-state index in [0.29, 0.717) is 18.3 Å². The molecule has 0 aliphatic carbocycles. The topological polar surface area (TPSA) is 46.9 Å². The molecule has 2 rings (SSSR count). The Labute approximate surface area is 119 Å². The standard InChI is InChI=1S/C16H23N3O/c1-4-7-12(2)17-10-11-19-15-9-6-5-8-14(15)18-13(3)16(19)20/h5-6,8-9,12,17H,4,7,10-11H2,1-3H3. The minimum absolute atomic E-state index is 0.00800. The van der Waals surface area contributed by atoms with Crippen LogP contribution in [0.2, 0.25) is 0 Å². The Morgan fingerprint density at radius 3 is 2.85 bits per heavy atom. The molecule has 1 N–H and O–H groups in total. The molecule has 0 saturated heterocycles. The number of hydrogen-bond acceptors (Lipinski definition) is 3. The van der Waals surface area contributed by atoms with Crippen molar-refractivity contribution in [3.63, 3.8) is 0 Å². The van der Waals surface area contributed by atoms with E-state index in [-0.39, 0.29) is 5.56 Å². The summed E-state index contributed by atoms with van der Waals surface area (Å²) < 4.78 is 1.82. The van der Waals surface area contributed by atoms with E-state index < -0.39 is 0 Å². The number of nitrogens with one attached hydrogen (secondary N) is 1. The minimum atomic E-state index is 0.00800. The molecule has 2 aromatic rings. The van der Waals surface area contributed by atoms with Crippen LogP contribution in [-0.4, -0.2) is 22.1 Å². The lowest BCUT2D eigenvalue weighted by molar-refractivity contribution is 0.485. The number of benzene rings is 1. The van der Waals surface area contributed by atoms with Crippen LogP contribution in [0.5, 0.6) is 0 Å². The first-order chi connectivity index (χ1) is 9.63. The average molecular weight is 273 g/mol. The lowest BCUT2D eigenvalue weighted by Crippen LogP contribution is -2.33.